The molecule has 8 heteroatoms. The fourth-order valence-electron chi connectivity index (χ4n) is 3.11. The maximum atomic E-state index is 11.8. The first-order valence-corrected chi connectivity index (χ1v) is 11.5. The number of sulfone groups is 1. The number of carboxylic acids is 1. The van der Waals surface area contributed by atoms with Gasteiger partial charge < -0.3 is 14.3 Å². The molecule has 162 valence electrons. The van der Waals surface area contributed by atoms with Gasteiger partial charge in [0, 0.05) is 17.4 Å². The molecule has 0 aliphatic carbocycles. The van der Waals surface area contributed by atoms with Gasteiger partial charge in [-0.05, 0) is 48.5 Å². The Hall–Kier alpha value is -3.91. The number of aromatic carboxylic acids is 1. The van der Waals surface area contributed by atoms with E-state index in [1.54, 1.807) is 24.3 Å². The maximum Gasteiger partial charge on any atom is 0.335 e. The summed E-state index contributed by atoms with van der Waals surface area (Å²) >= 11 is 0. The average molecular weight is 449 g/mol. The number of ether oxygens (including phenoxy) is 1. The van der Waals surface area contributed by atoms with Gasteiger partial charge in [-0.25, -0.2) is 18.2 Å². The summed E-state index contributed by atoms with van der Waals surface area (Å²) in [6, 6.07) is 21.9. The Labute approximate surface area is 184 Å². The molecule has 4 aromatic rings. The zero-order chi connectivity index (χ0) is 22.7. The van der Waals surface area contributed by atoms with Crippen molar-refractivity contribution < 1.29 is 27.5 Å². The van der Waals surface area contributed by atoms with Crippen molar-refractivity contribution in [3.8, 4) is 28.3 Å². The van der Waals surface area contributed by atoms with Crippen LogP contribution >= 0.6 is 0 Å². The molecular weight excluding hydrogens is 430 g/mol. The third kappa shape index (κ3) is 4.70. The summed E-state index contributed by atoms with van der Waals surface area (Å²) in [6.45, 7) is 0.0354. The molecule has 0 bridgehead atoms. The molecule has 32 heavy (non-hydrogen) atoms. The molecule has 0 radical (unpaired) electrons. The van der Waals surface area contributed by atoms with Crippen LogP contribution in [0.2, 0.25) is 0 Å². The van der Waals surface area contributed by atoms with Gasteiger partial charge in [-0.1, -0.05) is 30.3 Å². The molecule has 0 fully saturated rings. The number of carboxylic acid groups (broad SMARTS) is 1. The monoisotopic (exact) mass is 449 g/mol. The van der Waals surface area contributed by atoms with Gasteiger partial charge in [0.05, 0.1) is 10.5 Å². The minimum absolute atomic E-state index is 0.0354. The van der Waals surface area contributed by atoms with Crippen LogP contribution in [0.25, 0.3) is 22.6 Å². The van der Waals surface area contributed by atoms with Gasteiger partial charge in [0.25, 0.3) is 0 Å². The highest BCUT2D eigenvalue weighted by Gasteiger charge is 2.18. The molecule has 3 aromatic carbocycles. The van der Waals surface area contributed by atoms with Crippen LogP contribution in [0, 0.1) is 0 Å². The maximum absolute atomic E-state index is 11.8. The first-order valence-electron chi connectivity index (χ1n) is 9.63. The Morgan fingerprint density at radius 1 is 0.938 bits per heavy atom. The Bertz CT molecular complexity index is 1340. The highest BCUT2D eigenvalue weighted by Crippen LogP contribution is 2.33. The van der Waals surface area contributed by atoms with Crippen LogP contribution in [-0.4, -0.2) is 30.7 Å². The van der Waals surface area contributed by atoms with E-state index in [2.05, 4.69) is 4.98 Å². The fourth-order valence-corrected chi connectivity index (χ4v) is 3.74. The van der Waals surface area contributed by atoms with Crippen molar-refractivity contribution in [1.82, 2.24) is 4.98 Å². The molecule has 1 heterocycles. The first kappa shape index (κ1) is 21.3. The predicted molar refractivity (Wildman–Crippen MR) is 118 cm³/mol. The summed E-state index contributed by atoms with van der Waals surface area (Å²) in [5, 5.41) is 9.00. The lowest BCUT2D eigenvalue weighted by atomic mass is 10.1. The van der Waals surface area contributed by atoms with E-state index >= 15 is 0 Å². The van der Waals surface area contributed by atoms with Crippen molar-refractivity contribution in [2.75, 3.05) is 6.26 Å². The number of nitrogens with zero attached hydrogens (tertiary/aromatic N) is 1. The van der Waals surface area contributed by atoms with Gasteiger partial charge in [0.15, 0.2) is 22.2 Å². The third-order valence-electron chi connectivity index (χ3n) is 4.73. The van der Waals surface area contributed by atoms with Crippen LogP contribution in [0.3, 0.4) is 0 Å². The molecule has 1 N–H and O–H groups in total. The molecule has 0 saturated carbocycles. The van der Waals surface area contributed by atoms with Gasteiger partial charge in [-0.3, -0.25) is 0 Å². The third-order valence-corrected chi connectivity index (χ3v) is 5.86. The summed E-state index contributed by atoms with van der Waals surface area (Å²) in [5.74, 6) is 0.293. The van der Waals surface area contributed by atoms with Crippen LogP contribution in [0.4, 0.5) is 0 Å². The average Bonchev–Trinajstić information content (AvgIpc) is 3.22. The highest BCUT2D eigenvalue weighted by atomic mass is 32.2. The molecule has 0 spiro atoms. The van der Waals surface area contributed by atoms with Crippen LogP contribution in [0.5, 0.6) is 5.75 Å². The fraction of sp³-hybridized carbons (Fsp3) is 0.0833. The predicted octanol–water partition coefficient (Wildman–Crippen LogP) is 4.69. The number of aromatic nitrogens is 1. The van der Waals surface area contributed by atoms with E-state index in [0.717, 1.165) is 11.8 Å². The van der Waals surface area contributed by atoms with E-state index in [9.17, 15) is 13.2 Å². The summed E-state index contributed by atoms with van der Waals surface area (Å²) in [6.07, 6.45) is 1.16. The smallest absolute Gasteiger partial charge is 0.335 e. The van der Waals surface area contributed by atoms with Gasteiger partial charge in [0.2, 0.25) is 5.89 Å². The number of carbonyl (C=O) groups is 1. The summed E-state index contributed by atoms with van der Waals surface area (Å²) in [5.41, 5.74) is 2.30. The van der Waals surface area contributed by atoms with Crippen LogP contribution in [0.15, 0.2) is 88.2 Å². The molecule has 7 nitrogen and oxygen atoms in total. The van der Waals surface area contributed by atoms with Crippen molar-refractivity contribution in [2.45, 2.75) is 11.5 Å². The lowest BCUT2D eigenvalue weighted by molar-refractivity contribution is 0.0696. The van der Waals surface area contributed by atoms with Gasteiger partial charge >= 0.3 is 5.97 Å². The normalized spacial score (nSPS) is 11.3. The Morgan fingerprint density at radius 2 is 1.59 bits per heavy atom. The number of hydrogen-bond donors (Lipinski definition) is 1. The first-order chi connectivity index (χ1) is 15.3. The van der Waals surface area contributed by atoms with Crippen molar-refractivity contribution in [2.24, 2.45) is 0 Å². The van der Waals surface area contributed by atoms with Crippen molar-refractivity contribution in [3.05, 3.63) is 90.3 Å². The number of benzene rings is 3. The highest BCUT2D eigenvalue weighted by molar-refractivity contribution is 7.90. The molecule has 0 aliphatic heterocycles. The molecule has 1 aromatic heterocycles. The summed E-state index contributed by atoms with van der Waals surface area (Å²) in [7, 11) is -3.31. The Morgan fingerprint density at radius 3 is 2.19 bits per heavy atom. The molecule has 0 aliphatic rings. The molecule has 0 atom stereocenters. The zero-order valence-corrected chi connectivity index (χ0v) is 17.9. The number of hydrogen-bond acceptors (Lipinski definition) is 6. The van der Waals surface area contributed by atoms with E-state index in [0.29, 0.717) is 28.7 Å². The number of oxazole rings is 1. The van der Waals surface area contributed by atoms with E-state index in [1.807, 2.05) is 30.3 Å². The van der Waals surface area contributed by atoms with Crippen LogP contribution in [0.1, 0.15) is 16.2 Å². The lowest BCUT2D eigenvalue weighted by Gasteiger charge is -2.04. The van der Waals surface area contributed by atoms with Crippen LogP contribution < -0.4 is 4.74 Å². The standard InChI is InChI=1S/C24H19NO6S/c1-32(28,29)20-13-9-17(10-14-20)23-22(16-5-3-2-4-6-16)25-21(31-23)15-30-19-11-7-18(8-12-19)24(26)27/h2-14H,15H2,1H3,(H,26,27). The summed E-state index contributed by atoms with van der Waals surface area (Å²) in [4.78, 5) is 15.8. The van der Waals surface area contributed by atoms with Gasteiger partial charge in [-0.2, -0.15) is 0 Å². The second-order valence-corrected chi connectivity index (χ2v) is 9.08. The number of rotatable bonds is 7. The topological polar surface area (TPSA) is 107 Å². The van der Waals surface area contributed by atoms with E-state index in [1.165, 1.54) is 24.3 Å². The second kappa shape index (κ2) is 8.68. The molecule has 0 amide bonds. The minimum Gasteiger partial charge on any atom is -0.484 e. The van der Waals surface area contributed by atoms with Crippen molar-refractivity contribution in [1.29, 1.82) is 0 Å². The van der Waals surface area contributed by atoms with Gasteiger partial charge in [0.1, 0.15) is 11.4 Å². The minimum atomic E-state index is -3.31. The van der Waals surface area contributed by atoms with E-state index < -0.39 is 15.8 Å². The molecule has 0 unspecified atom stereocenters. The van der Waals surface area contributed by atoms with Crippen molar-refractivity contribution in [3.63, 3.8) is 0 Å². The summed E-state index contributed by atoms with van der Waals surface area (Å²) < 4.78 is 35.2. The van der Waals surface area contributed by atoms with E-state index in [4.69, 9.17) is 14.3 Å². The quantitative estimate of drug-likeness (QED) is 0.436. The zero-order valence-electron chi connectivity index (χ0n) is 17.1. The Kier molecular flexibility index (Phi) is 5.79. The van der Waals surface area contributed by atoms with Crippen LogP contribution in [-0.2, 0) is 16.4 Å². The molecule has 4 rings (SSSR count). The second-order valence-electron chi connectivity index (χ2n) is 7.07. The Balaban J connectivity index is 1.64. The molecule has 0 saturated heterocycles. The SMILES string of the molecule is CS(=O)(=O)c1ccc(-c2oc(COc3ccc(C(=O)O)cc3)nc2-c2ccccc2)cc1. The lowest BCUT2D eigenvalue weighted by Crippen LogP contribution is -1.98. The molecular formula is C24H19NO6S. The largest absolute Gasteiger partial charge is 0.484 e. The van der Waals surface area contributed by atoms with Gasteiger partial charge in [-0.15, -0.1) is 0 Å². The van der Waals surface area contributed by atoms with E-state index in [-0.39, 0.29) is 17.1 Å². The van der Waals surface area contributed by atoms with Crippen molar-refractivity contribution >= 4 is 15.8 Å².